The molecule has 0 spiro atoms. The molecule has 0 saturated carbocycles. The fourth-order valence-corrected chi connectivity index (χ4v) is 3.69. The average molecular weight is 444 g/mol. The van der Waals surface area contributed by atoms with Gasteiger partial charge in [-0.25, -0.2) is 9.07 Å². The van der Waals surface area contributed by atoms with Crippen LogP contribution in [0.15, 0.2) is 84.9 Å². The molecule has 0 aliphatic heterocycles. The summed E-state index contributed by atoms with van der Waals surface area (Å²) in [5.41, 5.74) is 2.75. The van der Waals surface area contributed by atoms with Crippen LogP contribution in [0.4, 0.5) is 4.39 Å². The van der Waals surface area contributed by atoms with Gasteiger partial charge < -0.3 is 9.64 Å². The van der Waals surface area contributed by atoms with Crippen LogP contribution in [0.1, 0.15) is 35.0 Å². The van der Waals surface area contributed by atoms with Gasteiger partial charge in [-0.1, -0.05) is 49.4 Å². The third-order valence-corrected chi connectivity index (χ3v) is 5.30. The number of hydrogen-bond donors (Lipinski definition) is 0. The quantitative estimate of drug-likeness (QED) is 0.327. The Hall–Kier alpha value is -3.93. The molecule has 168 valence electrons. The van der Waals surface area contributed by atoms with Gasteiger partial charge >= 0.3 is 0 Å². The number of amides is 1. The first-order valence-corrected chi connectivity index (χ1v) is 11.0. The first-order chi connectivity index (χ1) is 16.1. The van der Waals surface area contributed by atoms with Gasteiger partial charge in [0.2, 0.25) is 5.88 Å². The molecule has 4 rings (SSSR count). The highest BCUT2D eigenvalue weighted by molar-refractivity contribution is 5.94. The first-order valence-electron chi connectivity index (χ1n) is 11.0. The molecule has 4 aromatic rings. The van der Waals surface area contributed by atoms with Gasteiger partial charge in [-0.3, -0.25) is 4.79 Å². The minimum Gasteiger partial charge on any atom is -0.439 e. The molecule has 1 heterocycles. The smallest absolute Gasteiger partial charge is 0.254 e. The van der Waals surface area contributed by atoms with E-state index >= 15 is 0 Å². The van der Waals surface area contributed by atoms with Crippen molar-refractivity contribution in [2.75, 3.05) is 6.54 Å². The predicted octanol–water partition coefficient (Wildman–Crippen LogP) is 6.16. The maximum Gasteiger partial charge on any atom is 0.254 e. The number of carbonyl (C=O) groups is 1. The van der Waals surface area contributed by atoms with Crippen LogP contribution in [-0.4, -0.2) is 27.1 Å². The molecule has 33 heavy (non-hydrogen) atoms. The fourth-order valence-electron chi connectivity index (χ4n) is 3.69. The second kappa shape index (κ2) is 10.1. The van der Waals surface area contributed by atoms with E-state index in [4.69, 9.17) is 9.84 Å². The van der Waals surface area contributed by atoms with E-state index in [9.17, 15) is 9.18 Å². The van der Waals surface area contributed by atoms with Crippen molar-refractivity contribution < 1.29 is 13.9 Å². The first kappa shape index (κ1) is 22.3. The Balaban J connectivity index is 1.75. The van der Waals surface area contributed by atoms with Gasteiger partial charge in [0.1, 0.15) is 11.6 Å². The topological polar surface area (TPSA) is 47.4 Å². The van der Waals surface area contributed by atoms with Gasteiger partial charge in [0, 0.05) is 12.1 Å². The van der Waals surface area contributed by atoms with Gasteiger partial charge in [0.05, 0.1) is 23.5 Å². The van der Waals surface area contributed by atoms with Crippen LogP contribution in [0.5, 0.6) is 11.6 Å². The lowest BCUT2D eigenvalue weighted by Crippen LogP contribution is -2.31. The summed E-state index contributed by atoms with van der Waals surface area (Å²) in [4.78, 5) is 15.0. The maximum atomic E-state index is 13.8. The van der Waals surface area contributed by atoms with Crippen LogP contribution in [0.2, 0.25) is 0 Å². The molecule has 6 heteroatoms. The highest BCUT2D eigenvalue weighted by atomic mass is 19.1. The number of para-hydroxylation sites is 2. The van der Waals surface area contributed by atoms with Crippen molar-refractivity contribution in [2.45, 2.75) is 26.8 Å². The van der Waals surface area contributed by atoms with Crippen molar-refractivity contribution in [3.05, 3.63) is 108 Å². The van der Waals surface area contributed by atoms with Crippen molar-refractivity contribution >= 4 is 5.91 Å². The predicted molar refractivity (Wildman–Crippen MR) is 126 cm³/mol. The summed E-state index contributed by atoms with van der Waals surface area (Å²) in [7, 11) is 0. The van der Waals surface area contributed by atoms with Gasteiger partial charge in [0.15, 0.2) is 0 Å². The molecule has 1 amide bonds. The molecule has 0 aliphatic rings. The number of aromatic nitrogens is 2. The Labute approximate surface area is 193 Å². The molecule has 0 aliphatic carbocycles. The number of aryl methyl sites for hydroxylation is 1. The lowest BCUT2D eigenvalue weighted by molar-refractivity contribution is 0.0741. The summed E-state index contributed by atoms with van der Waals surface area (Å²) in [5, 5.41) is 4.73. The van der Waals surface area contributed by atoms with Crippen LogP contribution >= 0.6 is 0 Å². The van der Waals surface area contributed by atoms with Crippen molar-refractivity contribution in [2.24, 2.45) is 0 Å². The lowest BCUT2D eigenvalue weighted by Gasteiger charge is -2.23. The van der Waals surface area contributed by atoms with Crippen LogP contribution in [0, 0.1) is 12.7 Å². The second-order valence-electron chi connectivity index (χ2n) is 7.77. The molecule has 0 N–H and O–H groups in total. The molecule has 0 fully saturated rings. The van der Waals surface area contributed by atoms with Crippen molar-refractivity contribution in [1.29, 1.82) is 0 Å². The third kappa shape index (κ3) is 5.12. The zero-order chi connectivity index (χ0) is 23.2. The molecule has 1 aromatic heterocycles. The lowest BCUT2D eigenvalue weighted by atomic mass is 10.1. The van der Waals surface area contributed by atoms with E-state index in [1.807, 2.05) is 74.5 Å². The minimum atomic E-state index is -0.432. The highest BCUT2D eigenvalue weighted by Crippen LogP contribution is 2.32. The molecule has 0 unspecified atom stereocenters. The van der Waals surface area contributed by atoms with Gasteiger partial charge in [-0.15, -0.1) is 0 Å². The maximum absolute atomic E-state index is 13.8. The minimum absolute atomic E-state index is 0.228. The molecular formula is C27H26FN3O2. The zero-order valence-electron chi connectivity index (χ0n) is 18.7. The van der Waals surface area contributed by atoms with Gasteiger partial charge in [0.25, 0.3) is 5.91 Å². The van der Waals surface area contributed by atoms with E-state index in [0.29, 0.717) is 30.3 Å². The number of hydrogen-bond acceptors (Lipinski definition) is 3. The van der Waals surface area contributed by atoms with E-state index in [1.165, 1.54) is 12.1 Å². The van der Waals surface area contributed by atoms with Crippen LogP contribution < -0.4 is 4.74 Å². The summed E-state index contributed by atoms with van der Waals surface area (Å²) in [5.74, 6) is 0.569. The van der Waals surface area contributed by atoms with Crippen molar-refractivity contribution in [3.63, 3.8) is 0 Å². The van der Waals surface area contributed by atoms with E-state index < -0.39 is 5.82 Å². The third-order valence-electron chi connectivity index (χ3n) is 5.30. The van der Waals surface area contributed by atoms with E-state index in [2.05, 4.69) is 0 Å². The monoisotopic (exact) mass is 443 g/mol. The number of rotatable bonds is 8. The Morgan fingerprint density at radius 2 is 1.70 bits per heavy atom. The SMILES string of the molecule is CCCN(Cc1c(C)nn(-c2ccccc2)c1Oc1ccccc1)C(=O)c1cccc(F)c1. The second-order valence-corrected chi connectivity index (χ2v) is 7.77. The summed E-state index contributed by atoms with van der Waals surface area (Å²) in [6.07, 6.45) is 0.766. The fraction of sp³-hybridized carbons (Fsp3) is 0.185. The number of halogens is 1. The van der Waals surface area contributed by atoms with Crippen molar-refractivity contribution in [1.82, 2.24) is 14.7 Å². The summed E-state index contributed by atoms with van der Waals surface area (Å²) in [6, 6.07) is 25.0. The molecule has 0 bridgehead atoms. The van der Waals surface area contributed by atoms with Crippen LogP contribution in [0.25, 0.3) is 5.69 Å². The summed E-state index contributed by atoms with van der Waals surface area (Å²) < 4.78 is 21.8. The molecule has 5 nitrogen and oxygen atoms in total. The van der Waals surface area contributed by atoms with Crippen LogP contribution in [0.3, 0.4) is 0 Å². The van der Waals surface area contributed by atoms with Gasteiger partial charge in [-0.2, -0.15) is 5.10 Å². The van der Waals surface area contributed by atoms with E-state index in [0.717, 1.165) is 23.4 Å². The van der Waals surface area contributed by atoms with Crippen molar-refractivity contribution in [3.8, 4) is 17.3 Å². The van der Waals surface area contributed by atoms with Gasteiger partial charge in [-0.05, 0) is 55.8 Å². The Bertz CT molecular complexity index is 1220. The highest BCUT2D eigenvalue weighted by Gasteiger charge is 2.24. The number of nitrogens with zero attached hydrogens (tertiary/aromatic N) is 3. The van der Waals surface area contributed by atoms with Crippen LogP contribution in [-0.2, 0) is 6.54 Å². The normalized spacial score (nSPS) is 10.8. The molecular weight excluding hydrogens is 417 g/mol. The Kier molecular flexibility index (Phi) is 6.83. The number of benzene rings is 3. The molecule has 0 radical (unpaired) electrons. The Morgan fingerprint density at radius 1 is 1.00 bits per heavy atom. The summed E-state index contributed by atoms with van der Waals surface area (Å²) in [6.45, 7) is 4.73. The average Bonchev–Trinajstić information content (AvgIpc) is 3.14. The zero-order valence-corrected chi connectivity index (χ0v) is 18.7. The largest absolute Gasteiger partial charge is 0.439 e. The number of ether oxygens (including phenoxy) is 1. The number of carbonyl (C=O) groups excluding carboxylic acids is 1. The van der Waals surface area contributed by atoms with E-state index in [-0.39, 0.29) is 5.91 Å². The summed E-state index contributed by atoms with van der Waals surface area (Å²) >= 11 is 0. The molecule has 0 saturated heterocycles. The Morgan fingerprint density at radius 3 is 2.36 bits per heavy atom. The van der Waals surface area contributed by atoms with E-state index in [1.54, 1.807) is 21.7 Å². The standard InChI is InChI=1S/C27H26FN3O2/c1-3-17-30(26(32)21-11-10-12-22(28)18-21)19-25-20(2)29-31(23-13-6-4-7-14-23)27(25)33-24-15-8-5-9-16-24/h4-16,18H,3,17,19H2,1-2H3. The molecule has 3 aromatic carbocycles. The molecule has 0 atom stereocenters.